The van der Waals surface area contributed by atoms with E-state index in [9.17, 15) is 19.5 Å². The Labute approximate surface area is 255 Å². The first kappa shape index (κ1) is 32.1. The first-order valence-corrected chi connectivity index (χ1v) is 16.2. The summed E-state index contributed by atoms with van der Waals surface area (Å²) in [4.78, 5) is 48.7. The van der Waals surface area contributed by atoms with E-state index in [4.69, 9.17) is 4.74 Å². The molecule has 0 aliphatic carbocycles. The predicted octanol–water partition coefficient (Wildman–Crippen LogP) is 4.53. The topological polar surface area (TPSA) is 90.4 Å². The van der Waals surface area contributed by atoms with Crippen molar-refractivity contribution in [2.24, 2.45) is 17.8 Å². The molecule has 0 saturated carbocycles. The van der Waals surface area contributed by atoms with Crippen molar-refractivity contribution in [3.8, 4) is 5.75 Å². The van der Waals surface area contributed by atoms with Gasteiger partial charge in [-0.3, -0.25) is 14.4 Å². The Morgan fingerprint density at radius 1 is 1.19 bits per heavy atom. The van der Waals surface area contributed by atoms with E-state index in [2.05, 4.69) is 27.0 Å². The second kappa shape index (κ2) is 13.7. The molecular weight excluding hydrogens is 550 g/mol. The van der Waals surface area contributed by atoms with Crippen molar-refractivity contribution in [3.63, 3.8) is 0 Å². The van der Waals surface area contributed by atoms with E-state index in [0.717, 1.165) is 30.7 Å². The average Bonchev–Trinajstić information content (AvgIpc) is 3.57. The van der Waals surface area contributed by atoms with Gasteiger partial charge in [0, 0.05) is 43.2 Å². The summed E-state index contributed by atoms with van der Waals surface area (Å²) in [5, 5.41) is 9.63. The fourth-order valence-electron chi connectivity index (χ4n) is 7.44. The van der Waals surface area contributed by atoms with Gasteiger partial charge in [0.05, 0.1) is 23.2 Å². The minimum atomic E-state index is -0.710. The molecule has 2 bridgehead atoms. The number of benzene rings is 1. The highest BCUT2D eigenvalue weighted by Gasteiger charge is 2.76. The number of carbonyl (C=O) groups excluding carboxylic acids is 3. The van der Waals surface area contributed by atoms with E-state index in [1.54, 1.807) is 33.7 Å². The SMILES string of the molecule is C=CCN(C(=O)[C@@H]1[C@@H]2CC(C)C3(S2)C(C(=O)N(CC=C)C(C)CCC)N(CCCO)C(=O)[C@H]13)c1ccc(OCC)cc1. The van der Waals surface area contributed by atoms with Crippen LogP contribution in [0, 0.1) is 17.8 Å². The Morgan fingerprint density at radius 3 is 2.48 bits per heavy atom. The molecule has 3 fully saturated rings. The summed E-state index contributed by atoms with van der Waals surface area (Å²) < 4.78 is 4.88. The van der Waals surface area contributed by atoms with E-state index >= 15 is 0 Å². The number of rotatable bonds is 15. The van der Waals surface area contributed by atoms with Gasteiger partial charge < -0.3 is 24.5 Å². The highest BCUT2D eigenvalue weighted by molar-refractivity contribution is 8.02. The number of hydrogen-bond donors (Lipinski definition) is 1. The van der Waals surface area contributed by atoms with Crippen molar-refractivity contribution < 1.29 is 24.2 Å². The fourth-order valence-corrected chi connectivity index (χ4v) is 9.85. The van der Waals surface area contributed by atoms with E-state index in [-0.39, 0.29) is 48.1 Å². The number of thioether (sulfide) groups is 1. The highest BCUT2D eigenvalue weighted by Crippen LogP contribution is 2.69. The molecule has 4 unspecified atom stereocenters. The zero-order chi connectivity index (χ0) is 30.6. The lowest BCUT2D eigenvalue weighted by Gasteiger charge is -2.42. The number of carbonyl (C=O) groups is 3. The van der Waals surface area contributed by atoms with Crippen LogP contribution in [0.1, 0.15) is 53.4 Å². The summed E-state index contributed by atoms with van der Waals surface area (Å²) in [5.74, 6) is -0.700. The van der Waals surface area contributed by atoms with Crippen LogP contribution in [0.25, 0.3) is 0 Å². The van der Waals surface area contributed by atoms with E-state index < -0.39 is 22.6 Å². The molecule has 0 radical (unpaired) electrons. The minimum absolute atomic E-state index is 0.00942. The van der Waals surface area contributed by atoms with Gasteiger partial charge in [0.25, 0.3) is 0 Å². The summed E-state index contributed by atoms with van der Waals surface area (Å²) in [5.41, 5.74) is 0.721. The summed E-state index contributed by atoms with van der Waals surface area (Å²) in [6.07, 6.45) is 6.36. The standard InChI is InChI=1S/C33H47N3O5S/c1-7-12-23(6)34(17-8-2)32(40)29-33-22(5)21-26(42-33)27(28(33)31(39)36(29)19-11-20-37)30(38)35(18-9-3)24-13-15-25(16-14-24)41-10-4/h8-9,13-16,22-23,26-29,37H,2-3,7,10-12,17-21H2,1,4-6H3/t22?,23?,26-,27+,28-,29?,33?/m0/s1. The minimum Gasteiger partial charge on any atom is -0.494 e. The number of ether oxygens (including phenoxy) is 1. The summed E-state index contributed by atoms with van der Waals surface area (Å²) in [6, 6.07) is 6.72. The molecule has 3 heterocycles. The molecule has 1 aromatic rings. The van der Waals surface area contributed by atoms with Crippen LogP contribution in [0.3, 0.4) is 0 Å². The number of amides is 3. The van der Waals surface area contributed by atoms with Crippen LogP contribution in [0.4, 0.5) is 5.69 Å². The second-order valence-corrected chi connectivity index (χ2v) is 13.3. The lowest BCUT2D eigenvalue weighted by Crippen LogP contribution is -2.58. The molecule has 8 nitrogen and oxygen atoms in total. The second-order valence-electron chi connectivity index (χ2n) is 11.7. The third-order valence-corrected chi connectivity index (χ3v) is 11.3. The van der Waals surface area contributed by atoms with Crippen LogP contribution in [0.2, 0.25) is 0 Å². The maximum atomic E-state index is 14.5. The van der Waals surface area contributed by atoms with Gasteiger partial charge in [-0.15, -0.1) is 24.9 Å². The van der Waals surface area contributed by atoms with Crippen LogP contribution in [-0.4, -0.2) is 87.6 Å². The Balaban J connectivity index is 1.75. The van der Waals surface area contributed by atoms with Gasteiger partial charge in [0.1, 0.15) is 11.8 Å². The molecule has 3 saturated heterocycles. The lowest BCUT2D eigenvalue weighted by atomic mass is 9.65. The molecule has 9 heteroatoms. The molecule has 0 aromatic heterocycles. The smallest absolute Gasteiger partial charge is 0.247 e. The zero-order valence-corrected chi connectivity index (χ0v) is 26.4. The van der Waals surface area contributed by atoms with Gasteiger partial charge in [-0.25, -0.2) is 0 Å². The number of nitrogens with zero attached hydrogens (tertiary/aromatic N) is 3. The van der Waals surface area contributed by atoms with Crippen molar-refractivity contribution in [1.29, 1.82) is 0 Å². The number of aliphatic hydroxyl groups is 1. The highest BCUT2D eigenvalue weighted by atomic mass is 32.2. The molecule has 230 valence electrons. The van der Waals surface area contributed by atoms with Crippen LogP contribution < -0.4 is 9.64 Å². The van der Waals surface area contributed by atoms with Crippen LogP contribution in [0.5, 0.6) is 5.75 Å². The number of hydrogen-bond acceptors (Lipinski definition) is 6. The van der Waals surface area contributed by atoms with Gasteiger partial charge in [0.2, 0.25) is 17.7 Å². The molecule has 7 atom stereocenters. The van der Waals surface area contributed by atoms with Crippen LogP contribution in [0.15, 0.2) is 49.6 Å². The quantitative estimate of drug-likeness (QED) is 0.299. The molecular formula is C33H47N3O5S. The third-order valence-electron chi connectivity index (χ3n) is 9.21. The molecule has 1 N–H and O–H groups in total. The van der Waals surface area contributed by atoms with Gasteiger partial charge in [0.15, 0.2) is 0 Å². The van der Waals surface area contributed by atoms with Crippen LogP contribution >= 0.6 is 11.8 Å². The molecule has 4 rings (SSSR count). The molecule has 1 aromatic carbocycles. The first-order chi connectivity index (χ1) is 20.2. The Bertz CT molecular complexity index is 1160. The molecule has 1 spiro atoms. The molecule has 3 aliphatic heterocycles. The van der Waals surface area contributed by atoms with E-state index in [1.807, 2.05) is 43.0 Å². The maximum Gasteiger partial charge on any atom is 0.247 e. The van der Waals surface area contributed by atoms with Gasteiger partial charge >= 0.3 is 0 Å². The number of fused-ring (bicyclic) bond motifs is 1. The van der Waals surface area contributed by atoms with E-state index in [1.165, 1.54) is 0 Å². The van der Waals surface area contributed by atoms with E-state index in [0.29, 0.717) is 26.1 Å². The Hall–Kier alpha value is -2.78. The Kier molecular flexibility index (Phi) is 10.5. The normalized spacial score (nSPS) is 28.4. The van der Waals surface area contributed by atoms with Crippen molar-refractivity contribution in [2.75, 3.05) is 37.7 Å². The zero-order valence-electron chi connectivity index (χ0n) is 25.5. The van der Waals surface area contributed by atoms with Gasteiger partial charge in [-0.05, 0) is 63.3 Å². The van der Waals surface area contributed by atoms with Gasteiger partial charge in [-0.1, -0.05) is 32.4 Å². The van der Waals surface area contributed by atoms with Crippen molar-refractivity contribution in [1.82, 2.24) is 9.80 Å². The molecule has 3 amide bonds. The maximum absolute atomic E-state index is 14.5. The van der Waals surface area contributed by atoms with Gasteiger partial charge in [-0.2, -0.15) is 0 Å². The largest absolute Gasteiger partial charge is 0.494 e. The third kappa shape index (κ3) is 5.50. The molecule has 3 aliphatic rings. The van der Waals surface area contributed by atoms with Crippen molar-refractivity contribution in [2.45, 2.75) is 75.5 Å². The van der Waals surface area contributed by atoms with Crippen LogP contribution in [-0.2, 0) is 14.4 Å². The number of likely N-dealkylation sites (tertiary alicyclic amines) is 1. The van der Waals surface area contributed by atoms with Crippen molar-refractivity contribution in [3.05, 3.63) is 49.6 Å². The average molecular weight is 598 g/mol. The number of anilines is 1. The summed E-state index contributed by atoms with van der Waals surface area (Å²) >= 11 is 1.68. The predicted molar refractivity (Wildman–Crippen MR) is 169 cm³/mol. The molecule has 42 heavy (non-hydrogen) atoms. The Morgan fingerprint density at radius 2 is 1.88 bits per heavy atom. The van der Waals surface area contributed by atoms with Crippen molar-refractivity contribution >= 4 is 35.2 Å². The monoisotopic (exact) mass is 597 g/mol. The lowest BCUT2D eigenvalue weighted by molar-refractivity contribution is -0.144. The first-order valence-electron chi connectivity index (χ1n) is 15.4. The summed E-state index contributed by atoms with van der Waals surface area (Å²) in [7, 11) is 0. The summed E-state index contributed by atoms with van der Waals surface area (Å²) in [6.45, 7) is 17.4. The number of aliphatic hydroxyl groups excluding tert-OH is 1. The fraction of sp³-hybridized carbons (Fsp3) is 0.606.